The van der Waals surface area contributed by atoms with Crippen LogP contribution in [0.3, 0.4) is 0 Å². The molecule has 3 heterocycles. The van der Waals surface area contributed by atoms with Gasteiger partial charge in [-0.1, -0.05) is 5.16 Å². The third kappa shape index (κ3) is 3.62. The van der Waals surface area contributed by atoms with Crippen LogP contribution in [0.2, 0.25) is 0 Å². The lowest BCUT2D eigenvalue weighted by Gasteiger charge is -2.35. The van der Waals surface area contributed by atoms with E-state index in [0.717, 1.165) is 18.7 Å². The molecule has 0 spiro atoms. The summed E-state index contributed by atoms with van der Waals surface area (Å²) in [6.45, 7) is 5.38. The number of aryl methyl sites for hydroxylation is 2. The van der Waals surface area contributed by atoms with E-state index in [1.165, 1.54) is 0 Å². The van der Waals surface area contributed by atoms with Crippen molar-refractivity contribution in [1.29, 1.82) is 0 Å². The van der Waals surface area contributed by atoms with E-state index in [-0.39, 0.29) is 11.9 Å². The molecule has 1 amide bonds. The molecular formula is C15H23N7O2. The molecule has 1 atom stereocenters. The van der Waals surface area contributed by atoms with Crippen LogP contribution in [-0.2, 0) is 18.4 Å². The highest BCUT2D eigenvalue weighted by Gasteiger charge is 2.28. The molecule has 2 aromatic rings. The Morgan fingerprint density at radius 3 is 2.67 bits per heavy atom. The predicted octanol–water partition coefficient (Wildman–Crippen LogP) is -0.284. The second-order valence-electron chi connectivity index (χ2n) is 6.01. The summed E-state index contributed by atoms with van der Waals surface area (Å²) in [5.74, 6) is 1.35. The van der Waals surface area contributed by atoms with Gasteiger partial charge in [0.05, 0.1) is 12.7 Å². The van der Waals surface area contributed by atoms with E-state index in [0.29, 0.717) is 31.3 Å². The lowest BCUT2D eigenvalue weighted by Crippen LogP contribution is -2.51. The van der Waals surface area contributed by atoms with Crippen LogP contribution in [0.25, 0.3) is 0 Å². The quantitative estimate of drug-likeness (QED) is 0.804. The average Bonchev–Trinajstić information content (AvgIpc) is 3.17. The fraction of sp³-hybridized carbons (Fsp3) is 0.600. The van der Waals surface area contributed by atoms with Gasteiger partial charge in [-0.05, 0) is 14.0 Å². The van der Waals surface area contributed by atoms with E-state index in [9.17, 15) is 4.79 Å². The average molecular weight is 333 g/mol. The van der Waals surface area contributed by atoms with Crippen molar-refractivity contribution in [3.63, 3.8) is 0 Å². The number of amides is 1. The van der Waals surface area contributed by atoms with Crippen LogP contribution in [-0.4, -0.2) is 68.9 Å². The Morgan fingerprint density at radius 2 is 2.12 bits per heavy atom. The number of piperazine rings is 1. The van der Waals surface area contributed by atoms with Crippen molar-refractivity contribution < 1.29 is 9.32 Å². The Labute approximate surface area is 140 Å². The molecule has 0 saturated carbocycles. The fourth-order valence-electron chi connectivity index (χ4n) is 2.93. The number of nitrogens with one attached hydrogen (secondary N) is 1. The van der Waals surface area contributed by atoms with Crippen molar-refractivity contribution >= 4 is 5.91 Å². The first kappa shape index (κ1) is 16.6. The number of carbonyl (C=O) groups excluding carboxylic acids is 1. The number of likely N-dealkylation sites (N-methyl/N-ethyl adjacent to an activating group) is 1. The van der Waals surface area contributed by atoms with E-state index in [4.69, 9.17) is 4.52 Å². The normalized spacial score (nSPS) is 17.2. The minimum atomic E-state index is -0.358. The Bertz CT molecular complexity index is 688. The third-order valence-electron chi connectivity index (χ3n) is 4.21. The first-order valence-electron chi connectivity index (χ1n) is 8.03. The molecule has 24 heavy (non-hydrogen) atoms. The van der Waals surface area contributed by atoms with Gasteiger partial charge in [-0.15, -0.1) is 0 Å². The molecule has 1 N–H and O–H groups in total. The summed E-state index contributed by atoms with van der Waals surface area (Å²) < 4.78 is 6.86. The zero-order chi connectivity index (χ0) is 17.1. The summed E-state index contributed by atoms with van der Waals surface area (Å²) in [6, 6.07) is -0.358. The van der Waals surface area contributed by atoms with Gasteiger partial charge in [-0.2, -0.15) is 10.1 Å². The van der Waals surface area contributed by atoms with Gasteiger partial charge in [0.1, 0.15) is 6.04 Å². The number of hydrogen-bond donors (Lipinski definition) is 1. The van der Waals surface area contributed by atoms with Crippen molar-refractivity contribution in [3.8, 4) is 0 Å². The highest BCUT2D eigenvalue weighted by molar-refractivity contribution is 5.83. The number of hydrogen-bond acceptors (Lipinski definition) is 7. The lowest BCUT2D eigenvalue weighted by atomic mass is 10.1. The largest absolute Gasteiger partial charge is 0.338 e. The zero-order valence-electron chi connectivity index (χ0n) is 14.3. The van der Waals surface area contributed by atoms with Crippen LogP contribution in [0.1, 0.15) is 23.3 Å². The highest BCUT2D eigenvalue weighted by atomic mass is 16.5. The van der Waals surface area contributed by atoms with Gasteiger partial charge < -0.3 is 14.7 Å². The topological polar surface area (TPSA) is 92.3 Å². The molecule has 9 heteroatoms. The van der Waals surface area contributed by atoms with E-state index < -0.39 is 0 Å². The first-order chi connectivity index (χ1) is 11.6. The second kappa shape index (κ2) is 7.10. The van der Waals surface area contributed by atoms with Gasteiger partial charge >= 0.3 is 0 Å². The lowest BCUT2D eigenvalue weighted by molar-refractivity contribution is -0.135. The zero-order valence-corrected chi connectivity index (χ0v) is 14.3. The van der Waals surface area contributed by atoms with Crippen LogP contribution in [0, 0.1) is 6.92 Å². The molecule has 0 radical (unpaired) electrons. The maximum atomic E-state index is 12.8. The second-order valence-corrected chi connectivity index (χ2v) is 6.01. The maximum absolute atomic E-state index is 12.8. The van der Waals surface area contributed by atoms with Crippen molar-refractivity contribution in [3.05, 3.63) is 29.7 Å². The molecule has 0 aromatic carbocycles. The molecule has 1 aliphatic rings. The molecular weight excluding hydrogens is 310 g/mol. The molecule has 1 saturated heterocycles. The van der Waals surface area contributed by atoms with Gasteiger partial charge in [-0.25, -0.2) is 0 Å². The molecule has 130 valence electrons. The molecule has 3 rings (SSSR count). The van der Waals surface area contributed by atoms with Gasteiger partial charge in [0, 0.05) is 45.0 Å². The smallest absolute Gasteiger partial charge is 0.244 e. The Balaban J connectivity index is 1.56. The van der Waals surface area contributed by atoms with Crippen LogP contribution in [0.15, 0.2) is 16.9 Å². The summed E-state index contributed by atoms with van der Waals surface area (Å²) in [5.41, 5.74) is 0.883. The van der Waals surface area contributed by atoms with Gasteiger partial charge in [0.2, 0.25) is 11.8 Å². The first-order valence-corrected chi connectivity index (χ1v) is 8.03. The minimum Gasteiger partial charge on any atom is -0.338 e. The van der Waals surface area contributed by atoms with Crippen molar-refractivity contribution in [2.24, 2.45) is 7.05 Å². The number of aromatic nitrogens is 4. The molecule has 0 bridgehead atoms. The highest BCUT2D eigenvalue weighted by Crippen LogP contribution is 2.16. The van der Waals surface area contributed by atoms with Crippen LogP contribution in [0.5, 0.6) is 0 Å². The summed E-state index contributed by atoms with van der Waals surface area (Å²) >= 11 is 0. The van der Waals surface area contributed by atoms with E-state index in [1.807, 2.05) is 18.1 Å². The van der Waals surface area contributed by atoms with Crippen molar-refractivity contribution in [2.45, 2.75) is 19.5 Å². The molecule has 1 aliphatic heterocycles. The monoisotopic (exact) mass is 333 g/mol. The summed E-state index contributed by atoms with van der Waals surface area (Å²) in [6.07, 6.45) is 3.60. The van der Waals surface area contributed by atoms with E-state index in [2.05, 4.69) is 25.5 Å². The Kier molecular flexibility index (Phi) is 4.91. The van der Waals surface area contributed by atoms with Crippen LogP contribution in [0.4, 0.5) is 0 Å². The molecule has 0 aliphatic carbocycles. The molecule has 2 aromatic heterocycles. The van der Waals surface area contributed by atoms with E-state index >= 15 is 0 Å². The predicted molar refractivity (Wildman–Crippen MR) is 85.9 cm³/mol. The molecule has 1 unspecified atom stereocenters. The standard InChI is InChI=1S/C15H23N7O2/c1-11-18-13(24-19-11)10-21-4-6-22(7-5-21)15(23)14(16-2)12-8-17-20(3)9-12/h8-9,14,16H,4-7,10H2,1-3H3. The van der Waals surface area contributed by atoms with Crippen LogP contribution >= 0.6 is 0 Å². The molecule has 9 nitrogen and oxygen atoms in total. The fourth-order valence-corrected chi connectivity index (χ4v) is 2.93. The van der Waals surface area contributed by atoms with Gasteiger partial charge in [0.25, 0.3) is 0 Å². The van der Waals surface area contributed by atoms with Gasteiger partial charge in [-0.3, -0.25) is 14.4 Å². The van der Waals surface area contributed by atoms with Gasteiger partial charge in [0.15, 0.2) is 5.82 Å². The number of nitrogens with zero attached hydrogens (tertiary/aromatic N) is 6. The van der Waals surface area contributed by atoms with Crippen molar-refractivity contribution in [2.75, 3.05) is 33.2 Å². The SMILES string of the molecule is CNC(C(=O)N1CCN(Cc2nc(C)no2)CC1)c1cnn(C)c1. The summed E-state index contributed by atoms with van der Waals surface area (Å²) in [7, 11) is 3.64. The summed E-state index contributed by atoms with van der Waals surface area (Å²) in [5, 5.41) is 11.0. The van der Waals surface area contributed by atoms with Crippen molar-refractivity contribution in [1.82, 2.24) is 35.0 Å². The molecule has 1 fully saturated rings. The van der Waals surface area contributed by atoms with E-state index in [1.54, 1.807) is 24.9 Å². The third-order valence-corrected chi connectivity index (χ3v) is 4.21. The Hall–Kier alpha value is -2.26. The Morgan fingerprint density at radius 1 is 1.38 bits per heavy atom. The summed E-state index contributed by atoms with van der Waals surface area (Å²) in [4.78, 5) is 21.1. The number of rotatable bonds is 5. The van der Waals surface area contributed by atoms with Crippen LogP contribution < -0.4 is 5.32 Å². The minimum absolute atomic E-state index is 0.0822. The maximum Gasteiger partial charge on any atom is 0.244 e. The number of carbonyl (C=O) groups is 1.